The maximum absolute atomic E-state index is 12.1. The number of aryl methyl sites for hydroxylation is 1. The van der Waals surface area contributed by atoms with E-state index in [-0.39, 0.29) is 40.3 Å². The van der Waals surface area contributed by atoms with E-state index in [0.717, 1.165) is 0 Å². The molecule has 0 spiro atoms. The second-order valence-corrected chi connectivity index (χ2v) is 5.18. The van der Waals surface area contributed by atoms with Crippen LogP contribution in [0.3, 0.4) is 0 Å². The van der Waals surface area contributed by atoms with E-state index < -0.39 is 10.9 Å². The van der Waals surface area contributed by atoms with E-state index >= 15 is 0 Å². The van der Waals surface area contributed by atoms with Gasteiger partial charge >= 0.3 is 5.97 Å². The summed E-state index contributed by atoms with van der Waals surface area (Å²) in [5.74, 6) is -0.936. The van der Waals surface area contributed by atoms with Gasteiger partial charge in [0.2, 0.25) is 0 Å². The van der Waals surface area contributed by atoms with Gasteiger partial charge in [0.1, 0.15) is 6.61 Å². The van der Waals surface area contributed by atoms with Gasteiger partial charge in [-0.3, -0.25) is 19.9 Å². The number of ether oxygens (including phenoxy) is 1. The first-order valence-corrected chi connectivity index (χ1v) is 6.87. The summed E-state index contributed by atoms with van der Waals surface area (Å²) in [5, 5.41) is 11.3. The summed E-state index contributed by atoms with van der Waals surface area (Å²) < 4.78 is 4.99. The van der Waals surface area contributed by atoms with E-state index in [4.69, 9.17) is 4.74 Å². The maximum Gasteiger partial charge on any atom is 0.341 e. The molecule has 116 valence electrons. The number of para-hydroxylation sites is 1. The number of carbonyl (C=O) groups is 2. The molecule has 1 aliphatic rings. The van der Waals surface area contributed by atoms with E-state index in [1.165, 1.54) is 25.1 Å². The molecule has 23 heavy (non-hydrogen) atoms. The van der Waals surface area contributed by atoms with E-state index in [1.54, 1.807) is 13.0 Å². The molecule has 2 heterocycles. The van der Waals surface area contributed by atoms with Crippen molar-refractivity contribution in [3.05, 3.63) is 56.9 Å². The van der Waals surface area contributed by atoms with Crippen molar-refractivity contribution in [3.8, 4) is 11.1 Å². The predicted molar refractivity (Wildman–Crippen MR) is 80.2 cm³/mol. The molecule has 0 amide bonds. The summed E-state index contributed by atoms with van der Waals surface area (Å²) >= 11 is 0. The number of pyridine rings is 1. The van der Waals surface area contributed by atoms with Gasteiger partial charge in [-0.2, -0.15) is 0 Å². The Hall–Kier alpha value is -3.09. The number of hydrogen-bond acceptors (Lipinski definition) is 6. The summed E-state index contributed by atoms with van der Waals surface area (Å²) in [5.41, 5.74) is 1.42. The highest BCUT2D eigenvalue weighted by Crippen LogP contribution is 2.39. The van der Waals surface area contributed by atoms with Gasteiger partial charge in [-0.1, -0.05) is 12.1 Å². The summed E-state index contributed by atoms with van der Waals surface area (Å²) in [6.45, 7) is 2.98. The Balaban J connectivity index is 2.46. The van der Waals surface area contributed by atoms with Crippen LogP contribution in [0.1, 0.15) is 39.0 Å². The van der Waals surface area contributed by atoms with Crippen LogP contribution >= 0.6 is 0 Å². The highest BCUT2D eigenvalue weighted by atomic mass is 16.6. The Bertz CT molecular complexity index is 869. The van der Waals surface area contributed by atoms with Crippen LogP contribution in [0.25, 0.3) is 11.1 Å². The van der Waals surface area contributed by atoms with Crippen LogP contribution in [0.15, 0.2) is 24.3 Å². The molecule has 0 radical (unpaired) electrons. The van der Waals surface area contributed by atoms with Crippen molar-refractivity contribution >= 4 is 17.4 Å². The first-order chi connectivity index (χ1) is 10.9. The number of fused-ring (bicyclic) bond motifs is 1. The normalized spacial score (nSPS) is 12.7. The minimum Gasteiger partial charge on any atom is -0.455 e. The maximum atomic E-state index is 12.1. The van der Waals surface area contributed by atoms with Crippen molar-refractivity contribution < 1.29 is 19.2 Å². The predicted octanol–water partition coefficient (Wildman–Crippen LogP) is 2.84. The van der Waals surface area contributed by atoms with Crippen molar-refractivity contribution in [2.45, 2.75) is 20.5 Å². The van der Waals surface area contributed by atoms with Crippen LogP contribution in [-0.2, 0) is 11.3 Å². The third kappa shape index (κ3) is 2.26. The number of rotatable bonds is 3. The summed E-state index contributed by atoms with van der Waals surface area (Å²) in [6.07, 6.45) is 0. The molecule has 0 N–H and O–H groups in total. The van der Waals surface area contributed by atoms with Crippen molar-refractivity contribution in [3.63, 3.8) is 0 Å². The lowest BCUT2D eigenvalue weighted by atomic mass is 9.90. The number of hydrogen-bond donors (Lipinski definition) is 0. The van der Waals surface area contributed by atoms with Gasteiger partial charge < -0.3 is 4.74 Å². The molecule has 0 atom stereocenters. The lowest BCUT2D eigenvalue weighted by Gasteiger charge is -2.13. The molecule has 1 aromatic heterocycles. The van der Waals surface area contributed by atoms with Crippen LogP contribution in [0.5, 0.6) is 0 Å². The number of nitro benzene ring substituents is 1. The molecular weight excluding hydrogens is 300 g/mol. The van der Waals surface area contributed by atoms with Crippen LogP contribution in [0.4, 0.5) is 5.69 Å². The first kappa shape index (κ1) is 14.8. The summed E-state index contributed by atoms with van der Waals surface area (Å²) in [7, 11) is 0. The monoisotopic (exact) mass is 312 g/mol. The number of Topliss-reactive ketones (excluding diaryl/α,β-unsaturated/α-hetero) is 1. The fraction of sp³-hybridized carbons (Fsp3) is 0.188. The molecule has 0 aliphatic carbocycles. The first-order valence-electron chi connectivity index (χ1n) is 6.87. The number of ketones is 1. The Morgan fingerprint density at radius 2 is 2.00 bits per heavy atom. The van der Waals surface area contributed by atoms with E-state index in [9.17, 15) is 19.7 Å². The smallest absolute Gasteiger partial charge is 0.341 e. The molecule has 1 aliphatic heterocycles. The largest absolute Gasteiger partial charge is 0.455 e. The minimum absolute atomic E-state index is 0.000816. The Morgan fingerprint density at radius 3 is 2.65 bits per heavy atom. The van der Waals surface area contributed by atoms with Gasteiger partial charge in [-0.05, 0) is 19.9 Å². The highest BCUT2D eigenvalue weighted by molar-refractivity contribution is 6.10. The molecule has 0 saturated carbocycles. The zero-order valence-corrected chi connectivity index (χ0v) is 12.5. The van der Waals surface area contributed by atoms with Crippen molar-refractivity contribution in [2.75, 3.05) is 0 Å². The van der Waals surface area contributed by atoms with E-state index in [2.05, 4.69) is 4.98 Å². The molecule has 3 rings (SSSR count). The topological polar surface area (TPSA) is 99.4 Å². The Labute approximate surface area is 131 Å². The molecule has 0 bridgehead atoms. The van der Waals surface area contributed by atoms with Crippen molar-refractivity contribution in [1.29, 1.82) is 0 Å². The van der Waals surface area contributed by atoms with Crippen LogP contribution in [0, 0.1) is 17.0 Å². The van der Waals surface area contributed by atoms with E-state index in [1.807, 2.05) is 0 Å². The summed E-state index contributed by atoms with van der Waals surface area (Å²) in [6, 6.07) is 6.00. The molecule has 2 aromatic rings. The number of nitro groups is 1. The summed E-state index contributed by atoms with van der Waals surface area (Å²) in [4.78, 5) is 39.2. The van der Waals surface area contributed by atoms with E-state index in [0.29, 0.717) is 11.4 Å². The minimum atomic E-state index is -0.622. The fourth-order valence-corrected chi connectivity index (χ4v) is 2.84. The molecule has 7 heteroatoms. The standard InChI is InChI=1S/C16H12N2O5/c1-8-13(9(2)19)14(15-11(17-8)7-23-16(15)20)10-5-3-4-6-12(10)18(21)22/h3-6H,7H2,1-2H3. The van der Waals surface area contributed by atoms with Gasteiger partial charge in [0.05, 0.1) is 21.7 Å². The lowest BCUT2D eigenvalue weighted by molar-refractivity contribution is -0.384. The third-order valence-electron chi connectivity index (χ3n) is 3.72. The highest BCUT2D eigenvalue weighted by Gasteiger charge is 2.33. The number of esters is 1. The number of carbonyl (C=O) groups excluding carboxylic acids is 2. The van der Waals surface area contributed by atoms with Crippen molar-refractivity contribution in [1.82, 2.24) is 4.98 Å². The molecule has 1 aromatic carbocycles. The zero-order valence-electron chi connectivity index (χ0n) is 12.5. The number of cyclic esters (lactones) is 1. The lowest BCUT2D eigenvalue weighted by Crippen LogP contribution is -2.10. The van der Waals surface area contributed by atoms with Crippen LogP contribution in [-0.4, -0.2) is 21.7 Å². The molecule has 0 saturated heterocycles. The molecule has 0 fully saturated rings. The number of nitrogens with zero attached hydrogens (tertiary/aromatic N) is 2. The third-order valence-corrected chi connectivity index (χ3v) is 3.72. The van der Waals surface area contributed by atoms with Gasteiger partial charge in [0, 0.05) is 22.9 Å². The molecule has 0 unspecified atom stereocenters. The zero-order chi connectivity index (χ0) is 16.7. The second-order valence-electron chi connectivity index (χ2n) is 5.18. The van der Waals surface area contributed by atoms with Crippen LogP contribution in [0.2, 0.25) is 0 Å². The Kier molecular flexibility index (Phi) is 3.40. The molecular formula is C16H12N2O5. The number of aromatic nitrogens is 1. The number of benzene rings is 1. The second kappa shape index (κ2) is 5.28. The van der Waals surface area contributed by atoms with Gasteiger partial charge in [-0.25, -0.2) is 4.79 Å². The Morgan fingerprint density at radius 1 is 1.30 bits per heavy atom. The fourth-order valence-electron chi connectivity index (χ4n) is 2.84. The van der Waals surface area contributed by atoms with Crippen molar-refractivity contribution in [2.24, 2.45) is 0 Å². The molecule has 7 nitrogen and oxygen atoms in total. The SMILES string of the molecule is CC(=O)c1c(C)nc2c(c1-c1ccccc1[N+](=O)[O-])C(=O)OC2. The average Bonchev–Trinajstić information content (AvgIpc) is 2.86. The van der Waals surface area contributed by atoms with Gasteiger partial charge in [-0.15, -0.1) is 0 Å². The van der Waals surface area contributed by atoms with Gasteiger partial charge in [0.15, 0.2) is 5.78 Å². The van der Waals surface area contributed by atoms with Crippen LogP contribution < -0.4 is 0 Å². The van der Waals surface area contributed by atoms with Gasteiger partial charge in [0.25, 0.3) is 5.69 Å². The quantitative estimate of drug-likeness (QED) is 0.374. The average molecular weight is 312 g/mol.